The van der Waals surface area contributed by atoms with Gasteiger partial charge in [0.2, 0.25) is 10.0 Å². The Hall–Kier alpha value is -0.860. The summed E-state index contributed by atoms with van der Waals surface area (Å²) in [6.45, 7) is 4.13. The molecule has 8 heteroatoms. The van der Waals surface area contributed by atoms with Crippen molar-refractivity contribution in [2.45, 2.75) is 30.8 Å². The number of sulfonamides is 1. The van der Waals surface area contributed by atoms with E-state index in [1.54, 1.807) is 19.2 Å². The lowest BCUT2D eigenvalue weighted by molar-refractivity contribution is 0.0900. The fourth-order valence-corrected chi connectivity index (χ4v) is 4.90. The van der Waals surface area contributed by atoms with Gasteiger partial charge in [-0.3, -0.25) is 0 Å². The average molecular weight is 391 g/mol. The van der Waals surface area contributed by atoms with E-state index in [0.717, 1.165) is 19.4 Å². The maximum atomic E-state index is 13.1. The van der Waals surface area contributed by atoms with Gasteiger partial charge < -0.3 is 14.8 Å². The van der Waals surface area contributed by atoms with Gasteiger partial charge in [0.15, 0.2) is 0 Å². The SMILES string of the molecule is CNCC1CCN(S(=O)(=O)c2cc(Cl)ccc2OC(C)COC)CC1. The van der Waals surface area contributed by atoms with Gasteiger partial charge in [-0.1, -0.05) is 11.6 Å². The molecule has 1 aromatic carbocycles. The number of nitrogens with one attached hydrogen (secondary N) is 1. The molecule has 1 aliphatic heterocycles. The fraction of sp³-hybridized carbons (Fsp3) is 0.647. The van der Waals surface area contributed by atoms with Gasteiger partial charge in [0, 0.05) is 25.2 Å². The number of hydrogen-bond acceptors (Lipinski definition) is 5. The first-order valence-corrected chi connectivity index (χ1v) is 10.3. The van der Waals surface area contributed by atoms with Crippen LogP contribution in [-0.4, -0.2) is 59.2 Å². The molecule has 0 amide bonds. The minimum absolute atomic E-state index is 0.120. The van der Waals surface area contributed by atoms with E-state index < -0.39 is 10.0 Å². The predicted molar refractivity (Wildman–Crippen MR) is 98.8 cm³/mol. The van der Waals surface area contributed by atoms with Gasteiger partial charge in [-0.15, -0.1) is 0 Å². The number of ether oxygens (including phenoxy) is 2. The Labute approximate surface area is 155 Å². The first-order chi connectivity index (χ1) is 11.9. The largest absolute Gasteiger partial charge is 0.487 e. The van der Waals surface area contributed by atoms with E-state index in [0.29, 0.717) is 36.4 Å². The van der Waals surface area contributed by atoms with Crippen LogP contribution < -0.4 is 10.1 Å². The quantitative estimate of drug-likeness (QED) is 0.738. The van der Waals surface area contributed by atoms with Crippen LogP contribution in [-0.2, 0) is 14.8 Å². The first-order valence-electron chi connectivity index (χ1n) is 8.48. The molecule has 1 aliphatic rings. The standard InChI is InChI=1S/C17H27ClN2O4S/c1-13(12-23-3)24-16-5-4-15(18)10-17(16)25(21,22)20-8-6-14(7-9-20)11-19-2/h4-5,10,13-14,19H,6-9,11-12H2,1-3H3. The molecule has 1 aromatic rings. The van der Waals surface area contributed by atoms with Gasteiger partial charge in [0.1, 0.15) is 16.7 Å². The molecule has 1 atom stereocenters. The van der Waals surface area contributed by atoms with E-state index in [9.17, 15) is 8.42 Å². The molecular formula is C17H27ClN2O4S. The second-order valence-electron chi connectivity index (χ2n) is 6.38. The zero-order valence-corrected chi connectivity index (χ0v) is 16.6. The highest BCUT2D eigenvalue weighted by molar-refractivity contribution is 7.89. The average Bonchev–Trinajstić information content (AvgIpc) is 2.57. The normalized spacial score (nSPS) is 18.2. The molecule has 0 saturated carbocycles. The molecule has 0 radical (unpaired) electrons. The van der Waals surface area contributed by atoms with Crippen LogP contribution in [0.3, 0.4) is 0 Å². The van der Waals surface area contributed by atoms with Crippen molar-refractivity contribution in [2.75, 3.05) is 40.4 Å². The second-order valence-corrected chi connectivity index (χ2v) is 8.72. The Balaban J connectivity index is 2.22. The summed E-state index contributed by atoms with van der Waals surface area (Å²) in [5.41, 5.74) is 0. The zero-order valence-electron chi connectivity index (χ0n) is 15.0. The van der Waals surface area contributed by atoms with Gasteiger partial charge in [-0.2, -0.15) is 4.31 Å². The van der Waals surface area contributed by atoms with Gasteiger partial charge in [0.25, 0.3) is 0 Å². The molecule has 1 heterocycles. The number of nitrogens with zero attached hydrogens (tertiary/aromatic N) is 1. The molecule has 6 nitrogen and oxygen atoms in total. The summed E-state index contributed by atoms with van der Waals surface area (Å²) in [6.07, 6.45) is 1.43. The molecule has 0 bridgehead atoms. The minimum atomic E-state index is -3.65. The molecule has 142 valence electrons. The van der Waals surface area contributed by atoms with Gasteiger partial charge in [-0.05, 0) is 57.5 Å². The van der Waals surface area contributed by atoms with Gasteiger partial charge in [0.05, 0.1) is 6.61 Å². The molecule has 1 unspecified atom stereocenters. The monoisotopic (exact) mass is 390 g/mol. The number of rotatable bonds is 8. The summed E-state index contributed by atoms with van der Waals surface area (Å²) < 4.78 is 38.6. The van der Waals surface area contributed by atoms with E-state index in [1.807, 2.05) is 14.0 Å². The summed E-state index contributed by atoms with van der Waals surface area (Å²) in [6, 6.07) is 4.70. The molecular weight excluding hydrogens is 364 g/mol. The fourth-order valence-electron chi connectivity index (χ4n) is 3.05. The third-order valence-corrected chi connectivity index (χ3v) is 6.47. The maximum absolute atomic E-state index is 13.1. The molecule has 1 N–H and O–H groups in total. The molecule has 0 aliphatic carbocycles. The second kappa shape index (κ2) is 9.19. The van der Waals surface area contributed by atoms with Crippen LogP contribution in [0.4, 0.5) is 0 Å². The van der Waals surface area contributed by atoms with E-state index in [1.165, 1.54) is 10.4 Å². The molecule has 2 rings (SSSR count). The first kappa shape index (κ1) is 20.5. The summed E-state index contributed by atoms with van der Waals surface area (Å²) >= 11 is 6.05. The molecule has 0 aromatic heterocycles. The van der Waals surface area contributed by atoms with Crippen LogP contribution in [0.5, 0.6) is 5.75 Å². The lowest BCUT2D eigenvalue weighted by Crippen LogP contribution is -2.40. The van der Waals surface area contributed by atoms with Crippen LogP contribution in [0.25, 0.3) is 0 Å². The van der Waals surface area contributed by atoms with E-state index in [4.69, 9.17) is 21.1 Å². The van der Waals surface area contributed by atoms with Crippen molar-refractivity contribution < 1.29 is 17.9 Å². The topological polar surface area (TPSA) is 67.9 Å². The van der Waals surface area contributed by atoms with Crippen molar-refractivity contribution in [3.63, 3.8) is 0 Å². The van der Waals surface area contributed by atoms with Crippen molar-refractivity contribution in [3.05, 3.63) is 23.2 Å². The number of piperidine rings is 1. The Morgan fingerprint density at radius 1 is 1.36 bits per heavy atom. The predicted octanol–water partition coefficient (Wildman–Crippen LogP) is 2.37. The highest BCUT2D eigenvalue weighted by Gasteiger charge is 2.32. The Kier molecular flexibility index (Phi) is 7.51. The third-order valence-electron chi connectivity index (χ3n) is 4.32. The minimum Gasteiger partial charge on any atom is -0.487 e. The molecule has 25 heavy (non-hydrogen) atoms. The summed E-state index contributed by atoms with van der Waals surface area (Å²) in [4.78, 5) is 0.120. The third kappa shape index (κ3) is 5.31. The van der Waals surface area contributed by atoms with Crippen LogP contribution in [0.15, 0.2) is 23.1 Å². The molecule has 1 fully saturated rings. The lowest BCUT2D eigenvalue weighted by Gasteiger charge is -2.31. The number of methoxy groups -OCH3 is 1. The lowest BCUT2D eigenvalue weighted by atomic mass is 9.98. The van der Waals surface area contributed by atoms with Crippen molar-refractivity contribution in [3.8, 4) is 5.75 Å². The Morgan fingerprint density at radius 2 is 2.04 bits per heavy atom. The van der Waals surface area contributed by atoms with Crippen molar-refractivity contribution in [1.82, 2.24) is 9.62 Å². The number of hydrogen-bond donors (Lipinski definition) is 1. The summed E-state index contributed by atoms with van der Waals surface area (Å²) in [7, 11) is -0.157. The van der Waals surface area contributed by atoms with Gasteiger partial charge >= 0.3 is 0 Å². The maximum Gasteiger partial charge on any atom is 0.246 e. The van der Waals surface area contributed by atoms with Crippen LogP contribution in [0, 0.1) is 5.92 Å². The molecule has 0 spiro atoms. The van der Waals surface area contributed by atoms with Crippen LogP contribution in [0.1, 0.15) is 19.8 Å². The van der Waals surface area contributed by atoms with E-state index in [2.05, 4.69) is 5.32 Å². The highest BCUT2D eigenvalue weighted by Crippen LogP contribution is 2.32. The zero-order chi connectivity index (χ0) is 18.4. The van der Waals surface area contributed by atoms with Crippen LogP contribution in [0.2, 0.25) is 5.02 Å². The van der Waals surface area contributed by atoms with E-state index >= 15 is 0 Å². The smallest absolute Gasteiger partial charge is 0.246 e. The van der Waals surface area contributed by atoms with Crippen molar-refractivity contribution in [1.29, 1.82) is 0 Å². The van der Waals surface area contributed by atoms with Crippen molar-refractivity contribution in [2.24, 2.45) is 5.92 Å². The van der Waals surface area contributed by atoms with Crippen molar-refractivity contribution >= 4 is 21.6 Å². The van der Waals surface area contributed by atoms with Gasteiger partial charge in [-0.25, -0.2) is 8.42 Å². The molecule has 1 saturated heterocycles. The Morgan fingerprint density at radius 3 is 2.64 bits per heavy atom. The number of halogens is 1. The number of benzene rings is 1. The van der Waals surface area contributed by atoms with E-state index in [-0.39, 0.29) is 11.0 Å². The summed E-state index contributed by atoms with van der Waals surface area (Å²) in [5, 5.41) is 3.53. The highest BCUT2D eigenvalue weighted by atomic mass is 35.5. The summed E-state index contributed by atoms with van der Waals surface area (Å²) in [5.74, 6) is 0.819. The Bertz CT molecular complexity index is 661. The van der Waals surface area contributed by atoms with Crippen LogP contribution >= 0.6 is 11.6 Å².